The summed E-state index contributed by atoms with van der Waals surface area (Å²) in [5.74, 6) is 0.153. The number of carbonyl (C=O) groups excluding carboxylic acids is 1. The van der Waals surface area contributed by atoms with Crippen LogP contribution >= 0.6 is 0 Å². The number of carbonyl (C=O) groups is 1. The summed E-state index contributed by atoms with van der Waals surface area (Å²) in [7, 11) is 1.63. The van der Waals surface area contributed by atoms with Gasteiger partial charge in [0.15, 0.2) is 5.78 Å². The lowest BCUT2D eigenvalue weighted by molar-refractivity contribution is -0.125. The summed E-state index contributed by atoms with van der Waals surface area (Å²) in [6, 6.07) is 0. The van der Waals surface area contributed by atoms with E-state index in [1.165, 1.54) is 0 Å². The standard InChI is InChI=1S/C9H18O3/c1-8(2)12-7-9(10)5-4-6-11-3/h8H,4-7H2,1-3H3. The molecule has 0 saturated heterocycles. The Labute approximate surface area is 74.0 Å². The van der Waals surface area contributed by atoms with Crippen molar-refractivity contribution in [2.24, 2.45) is 0 Å². The van der Waals surface area contributed by atoms with Crippen molar-refractivity contribution in [1.29, 1.82) is 0 Å². The Morgan fingerprint density at radius 3 is 2.58 bits per heavy atom. The number of ketones is 1. The molecule has 0 aliphatic carbocycles. The molecule has 0 spiro atoms. The second-order valence-electron chi connectivity index (χ2n) is 2.99. The Morgan fingerprint density at radius 1 is 1.42 bits per heavy atom. The zero-order valence-electron chi connectivity index (χ0n) is 8.13. The van der Waals surface area contributed by atoms with Crippen LogP contribution in [0.3, 0.4) is 0 Å². The van der Waals surface area contributed by atoms with Crippen LogP contribution in [0, 0.1) is 0 Å². The van der Waals surface area contributed by atoms with Crippen molar-refractivity contribution in [3.05, 3.63) is 0 Å². The van der Waals surface area contributed by atoms with Crippen molar-refractivity contribution >= 4 is 5.78 Å². The Bertz CT molecular complexity index is 121. The molecule has 0 amide bonds. The third-order valence-electron chi connectivity index (χ3n) is 1.38. The molecular weight excluding hydrogens is 156 g/mol. The molecular formula is C9H18O3. The van der Waals surface area contributed by atoms with Gasteiger partial charge in [-0.05, 0) is 20.3 Å². The minimum atomic E-state index is 0.136. The number of Topliss-reactive ketones (excluding diaryl/α,β-unsaturated/α-hetero) is 1. The van der Waals surface area contributed by atoms with Gasteiger partial charge in [-0.25, -0.2) is 0 Å². The first-order valence-electron chi connectivity index (χ1n) is 4.29. The van der Waals surface area contributed by atoms with Crippen LogP contribution in [0.2, 0.25) is 0 Å². The molecule has 0 atom stereocenters. The van der Waals surface area contributed by atoms with E-state index in [2.05, 4.69) is 0 Å². The molecule has 0 aromatic rings. The predicted molar refractivity (Wildman–Crippen MR) is 47.2 cm³/mol. The first kappa shape index (κ1) is 11.6. The predicted octanol–water partition coefficient (Wildman–Crippen LogP) is 1.41. The highest BCUT2D eigenvalue weighted by Gasteiger charge is 2.02. The second-order valence-corrected chi connectivity index (χ2v) is 2.99. The van der Waals surface area contributed by atoms with Crippen LogP contribution in [0.25, 0.3) is 0 Å². The topological polar surface area (TPSA) is 35.5 Å². The van der Waals surface area contributed by atoms with Gasteiger partial charge < -0.3 is 9.47 Å². The number of ether oxygens (including phenoxy) is 2. The molecule has 0 bridgehead atoms. The van der Waals surface area contributed by atoms with E-state index < -0.39 is 0 Å². The summed E-state index contributed by atoms with van der Waals surface area (Å²) in [4.78, 5) is 11.0. The van der Waals surface area contributed by atoms with Gasteiger partial charge in [0, 0.05) is 20.1 Å². The Balaban J connectivity index is 3.22. The van der Waals surface area contributed by atoms with Gasteiger partial charge in [-0.2, -0.15) is 0 Å². The molecule has 0 unspecified atom stereocenters. The minimum absolute atomic E-state index is 0.136. The largest absolute Gasteiger partial charge is 0.385 e. The highest BCUT2D eigenvalue weighted by molar-refractivity contribution is 5.79. The maximum Gasteiger partial charge on any atom is 0.158 e. The second kappa shape index (κ2) is 7.25. The van der Waals surface area contributed by atoms with Crippen molar-refractivity contribution in [2.45, 2.75) is 32.8 Å². The van der Waals surface area contributed by atoms with Crippen LogP contribution in [-0.2, 0) is 14.3 Å². The smallest absolute Gasteiger partial charge is 0.158 e. The molecule has 0 N–H and O–H groups in total. The van der Waals surface area contributed by atoms with E-state index >= 15 is 0 Å². The summed E-state index contributed by atoms with van der Waals surface area (Å²) in [6.45, 7) is 4.72. The van der Waals surface area contributed by atoms with Crippen LogP contribution in [0.5, 0.6) is 0 Å². The molecule has 0 saturated carbocycles. The van der Waals surface area contributed by atoms with Crippen molar-refractivity contribution in [3.8, 4) is 0 Å². The number of rotatable bonds is 7. The van der Waals surface area contributed by atoms with Crippen molar-refractivity contribution in [1.82, 2.24) is 0 Å². The van der Waals surface area contributed by atoms with Crippen molar-refractivity contribution < 1.29 is 14.3 Å². The molecule has 0 aromatic heterocycles. The SMILES string of the molecule is COCCCC(=O)COC(C)C. The molecule has 72 valence electrons. The molecule has 0 fully saturated rings. The zero-order chi connectivity index (χ0) is 9.40. The maximum atomic E-state index is 11.0. The monoisotopic (exact) mass is 174 g/mol. The quantitative estimate of drug-likeness (QED) is 0.547. The van der Waals surface area contributed by atoms with Crippen LogP contribution in [0.15, 0.2) is 0 Å². The summed E-state index contributed by atoms with van der Waals surface area (Å²) < 4.78 is 9.97. The molecule has 3 heteroatoms. The minimum Gasteiger partial charge on any atom is -0.385 e. The van der Waals surface area contributed by atoms with Gasteiger partial charge >= 0.3 is 0 Å². The highest BCUT2D eigenvalue weighted by atomic mass is 16.5. The fraction of sp³-hybridized carbons (Fsp3) is 0.889. The number of hydrogen-bond acceptors (Lipinski definition) is 3. The van der Waals surface area contributed by atoms with E-state index in [-0.39, 0.29) is 18.5 Å². The Morgan fingerprint density at radius 2 is 2.08 bits per heavy atom. The summed E-state index contributed by atoms with van der Waals surface area (Å²) >= 11 is 0. The third kappa shape index (κ3) is 7.69. The van der Waals surface area contributed by atoms with Crippen LogP contribution in [0.4, 0.5) is 0 Å². The first-order valence-corrected chi connectivity index (χ1v) is 4.29. The summed E-state index contributed by atoms with van der Waals surface area (Å²) in [5.41, 5.74) is 0. The van der Waals surface area contributed by atoms with E-state index in [1.807, 2.05) is 13.8 Å². The van der Waals surface area contributed by atoms with E-state index in [9.17, 15) is 4.79 Å². The lowest BCUT2D eigenvalue weighted by Crippen LogP contribution is -2.13. The lowest BCUT2D eigenvalue weighted by Gasteiger charge is -2.05. The Hall–Kier alpha value is -0.410. The third-order valence-corrected chi connectivity index (χ3v) is 1.38. The fourth-order valence-corrected chi connectivity index (χ4v) is 0.745. The average Bonchev–Trinajstić information content (AvgIpc) is 2.01. The van der Waals surface area contributed by atoms with E-state index in [1.54, 1.807) is 7.11 Å². The Kier molecular flexibility index (Phi) is 7.00. The molecule has 0 aliphatic rings. The number of methoxy groups -OCH3 is 1. The van der Waals surface area contributed by atoms with Crippen LogP contribution in [0.1, 0.15) is 26.7 Å². The molecule has 0 aromatic carbocycles. The zero-order valence-corrected chi connectivity index (χ0v) is 8.13. The molecule has 3 nitrogen and oxygen atoms in total. The normalized spacial score (nSPS) is 10.7. The maximum absolute atomic E-state index is 11.0. The first-order chi connectivity index (χ1) is 5.66. The summed E-state index contributed by atoms with van der Waals surface area (Å²) in [5, 5.41) is 0. The van der Waals surface area contributed by atoms with E-state index in [0.717, 1.165) is 6.42 Å². The van der Waals surface area contributed by atoms with Crippen molar-refractivity contribution in [3.63, 3.8) is 0 Å². The van der Waals surface area contributed by atoms with E-state index in [0.29, 0.717) is 13.0 Å². The van der Waals surface area contributed by atoms with Gasteiger partial charge in [0.05, 0.1) is 6.10 Å². The van der Waals surface area contributed by atoms with E-state index in [4.69, 9.17) is 9.47 Å². The van der Waals surface area contributed by atoms with Gasteiger partial charge in [0.1, 0.15) is 6.61 Å². The lowest BCUT2D eigenvalue weighted by atomic mass is 10.2. The molecule has 0 aliphatic heterocycles. The van der Waals surface area contributed by atoms with Gasteiger partial charge in [0.2, 0.25) is 0 Å². The fourth-order valence-electron chi connectivity index (χ4n) is 0.745. The van der Waals surface area contributed by atoms with Crippen LogP contribution in [-0.4, -0.2) is 32.2 Å². The van der Waals surface area contributed by atoms with Gasteiger partial charge in [-0.15, -0.1) is 0 Å². The molecule has 0 rings (SSSR count). The molecule has 0 heterocycles. The number of hydrogen-bond donors (Lipinski definition) is 0. The van der Waals surface area contributed by atoms with Gasteiger partial charge in [-0.3, -0.25) is 4.79 Å². The van der Waals surface area contributed by atoms with Crippen molar-refractivity contribution in [2.75, 3.05) is 20.3 Å². The average molecular weight is 174 g/mol. The molecule has 0 radical (unpaired) electrons. The molecule has 12 heavy (non-hydrogen) atoms. The van der Waals surface area contributed by atoms with Crippen LogP contribution < -0.4 is 0 Å². The van der Waals surface area contributed by atoms with Gasteiger partial charge in [0.25, 0.3) is 0 Å². The van der Waals surface area contributed by atoms with Gasteiger partial charge in [-0.1, -0.05) is 0 Å². The highest BCUT2D eigenvalue weighted by Crippen LogP contribution is 1.94. The summed E-state index contributed by atoms with van der Waals surface area (Å²) in [6.07, 6.45) is 1.48.